The Kier molecular flexibility index (Phi) is 3.38. The summed E-state index contributed by atoms with van der Waals surface area (Å²) in [6, 6.07) is 9.56. The van der Waals surface area contributed by atoms with Crippen LogP contribution in [0.3, 0.4) is 0 Å². The zero-order valence-electron chi connectivity index (χ0n) is 9.80. The molecule has 88 valence electrons. The molecule has 2 rings (SSSR count). The number of hydrogen-bond acceptors (Lipinski definition) is 2. The van der Waals surface area contributed by atoms with Crippen molar-refractivity contribution >= 4 is 11.8 Å². The van der Waals surface area contributed by atoms with Gasteiger partial charge in [-0.25, -0.2) is 0 Å². The molecule has 0 fully saturated rings. The van der Waals surface area contributed by atoms with Crippen molar-refractivity contribution in [2.75, 3.05) is 0 Å². The van der Waals surface area contributed by atoms with Gasteiger partial charge in [0.05, 0.1) is 6.04 Å². The van der Waals surface area contributed by atoms with Crippen molar-refractivity contribution in [3.8, 4) is 0 Å². The minimum Gasteiger partial charge on any atom is -0.269 e. The number of rotatable bonds is 4. The summed E-state index contributed by atoms with van der Waals surface area (Å²) in [5, 5.41) is 0. The summed E-state index contributed by atoms with van der Waals surface area (Å²) in [5.41, 5.74) is 1.01. The Morgan fingerprint density at radius 2 is 1.65 bits per heavy atom. The predicted octanol–water partition coefficient (Wildman–Crippen LogP) is 2.45. The van der Waals surface area contributed by atoms with Gasteiger partial charge in [0.2, 0.25) is 0 Å². The zero-order chi connectivity index (χ0) is 12.3. The van der Waals surface area contributed by atoms with E-state index in [0.29, 0.717) is 0 Å². The highest BCUT2D eigenvalue weighted by atomic mass is 16.2. The molecule has 3 nitrogen and oxygen atoms in total. The molecule has 0 spiro atoms. The van der Waals surface area contributed by atoms with Crippen molar-refractivity contribution in [2.45, 2.75) is 25.8 Å². The fourth-order valence-electron chi connectivity index (χ4n) is 2.11. The second-order valence-corrected chi connectivity index (χ2v) is 4.09. The Morgan fingerprint density at radius 1 is 1.06 bits per heavy atom. The lowest BCUT2D eigenvalue weighted by atomic mass is 10.0. The lowest BCUT2D eigenvalue weighted by Gasteiger charge is -2.26. The van der Waals surface area contributed by atoms with Crippen LogP contribution in [0.1, 0.15) is 31.4 Å². The maximum atomic E-state index is 11.7. The molecule has 0 saturated heterocycles. The normalized spacial score (nSPS) is 16.6. The van der Waals surface area contributed by atoms with Gasteiger partial charge in [0.1, 0.15) is 0 Å². The Labute approximate surface area is 101 Å². The minimum atomic E-state index is -0.211. The molecule has 0 N–H and O–H groups in total. The number of imide groups is 1. The molecule has 1 unspecified atom stereocenters. The summed E-state index contributed by atoms with van der Waals surface area (Å²) < 4.78 is 0. The summed E-state index contributed by atoms with van der Waals surface area (Å²) in [6.45, 7) is 2.05. The maximum absolute atomic E-state index is 11.7. The standard InChI is InChI=1S/C14H15NO2/c1-2-6-12(11-7-4-3-5-8-11)15-13(16)9-10-14(15)17/h3-5,7-10,12H,2,6H2,1H3. The number of nitrogens with zero attached hydrogens (tertiary/aromatic N) is 1. The van der Waals surface area contributed by atoms with E-state index in [4.69, 9.17) is 0 Å². The smallest absolute Gasteiger partial charge is 0.254 e. The van der Waals surface area contributed by atoms with Crippen LogP contribution in [0.2, 0.25) is 0 Å². The van der Waals surface area contributed by atoms with Crippen molar-refractivity contribution in [3.63, 3.8) is 0 Å². The molecule has 1 heterocycles. The molecular weight excluding hydrogens is 214 g/mol. The zero-order valence-corrected chi connectivity index (χ0v) is 9.80. The Morgan fingerprint density at radius 3 is 2.18 bits per heavy atom. The highest BCUT2D eigenvalue weighted by Crippen LogP contribution is 2.28. The van der Waals surface area contributed by atoms with Gasteiger partial charge in [0.25, 0.3) is 11.8 Å². The third-order valence-electron chi connectivity index (χ3n) is 2.90. The van der Waals surface area contributed by atoms with Gasteiger partial charge in [0, 0.05) is 12.2 Å². The van der Waals surface area contributed by atoms with Gasteiger partial charge >= 0.3 is 0 Å². The number of hydrogen-bond donors (Lipinski definition) is 0. The van der Waals surface area contributed by atoms with Crippen LogP contribution in [0.5, 0.6) is 0 Å². The van der Waals surface area contributed by atoms with Crippen molar-refractivity contribution in [1.82, 2.24) is 4.90 Å². The molecule has 2 amide bonds. The van der Waals surface area contributed by atoms with Crippen LogP contribution in [-0.4, -0.2) is 16.7 Å². The number of benzene rings is 1. The first-order chi connectivity index (χ1) is 8.24. The summed E-state index contributed by atoms with van der Waals surface area (Å²) in [5.74, 6) is -0.422. The monoisotopic (exact) mass is 229 g/mol. The van der Waals surface area contributed by atoms with Crippen LogP contribution < -0.4 is 0 Å². The molecule has 1 aliphatic rings. The Balaban J connectivity index is 2.30. The second kappa shape index (κ2) is 4.95. The van der Waals surface area contributed by atoms with E-state index in [1.807, 2.05) is 37.3 Å². The highest BCUT2D eigenvalue weighted by molar-refractivity contribution is 6.13. The van der Waals surface area contributed by atoms with Gasteiger partial charge in [-0.1, -0.05) is 43.7 Å². The molecule has 1 aromatic rings. The molecule has 0 aliphatic carbocycles. The number of carbonyl (C=O) groups excluding carboxylic acids is 2. The van der Waals surface area contributed by atoms with Crippen LogP contribution in [0.25, 0.3) is 0 Å². The summed E-state index contributed by atoms with van der Waals surface area (Å²) in [7, 11) is 0. The molecule has 0 saturated carbocycles. The molecule has 0 radical (unpaired) electrons. The van der Waals surface area contributed by atoms with Crippen LogP contribution in [0.4, 0.5) is 0 Å². The Bertz CT molecular complexity index is 433. The van der Waals surface area contributed by atoms with Crippen LogP contribution in [0, 0.1) is 0 Å². The van der Waals surface area contributed by atoms with E-state index in [2.05, 4.69) is 0 Å². The lowest BCUT2D eigenvalue weighted by Crippen LogP contribution is -2.34. The summed E-state index contributed by atoms with van der Waals surface area (Å²) in [4.78, 5) is 24.7. The van der Waals surface area contributed by atoms with Crippen molar-refractivity contribution in [3.05, 3.63) is 48.0 Å². The highest BCUT2D eigenvalue weighted by Gasteiger charge is 2.31. The van der Waals surface area contributed by atoms with Gasteiger partial charge < -0.3 is 0 Å². The van der Waals surface area contributed by atoms with E-state index in [1.54, 1.807) is 0 Å². The number of amides is 2. The average Bonchev–Trinajstić information content (AvgIpc) is 2.68. The average molecular weight is 229 g/mol. The van der Waals surface area contributed by atoms with Crippen molar-refractivity contribution in [2.24, 2.45) is 0 Å². The van der Waals surface area contributed by atoms with E-state index >= 15 is 0 Å². The lowest BCUT2D eigenvalue weighted by molar-refractivity contribution is -0.139. The fourth-order valence-corrected chi connectivity index (χ4v) is 2.11. The van der Waals surface area contributed by atoms with Crippen molar-refractivity contribution in [1.29, 1.82) is 0 Å². The molecule has 17 heavy (non-hydrogen) atoms. The third kappa shape index (κ3) is 2.28. The first kappa shape index (κ1) is 11.6. The molecule has 1 aliphatic heterocycles. The van der Waals surface area contributed by atoms with E-state index in [0.717, 1.165) is 18.4 Å². The largest absolute Gasteiger partial charge is 0.269 e. The van der Waals surface area contributed by atoms with E-state index in [9.17, 15) is 9.59 Å². The van der Waals surface area contributed by atoms with E-state index in [1.165, 1.54) is 17.1 Å². The van der Waals surface area contributed by atoms with Gasteiger partial charge in [0.15, 0.2) is 0 Å². The molecule has 3 heteroatoms. The number of carbonyl (C=O) groups is 2. The Hall–Kier alpha value is -1.90. The first-order valence-electron chi connectivity index (χ1n) is 5.84. The van der Waals surface area contributed by atoms with Crippen molar-refractivity contribution < 1.29 is 9.59 Å². The van der Waals surface area contributed by atoms with E-state index in [-0.39, 0.29) is 17.9 Å². The molecule has 0 bridgehead atoms. The molecule has 1 atom stereocenters. The molecule has 0 aromatic heterocycles. The minimum absolute atomic E-state index is 0.142. The van der Waals surface area contributed by atoms with Gasteiger partial charge in [-0.2, -0.15) is 0 Å². The maximum Gasteiger partial charge on any atom is 0.254 e. The second-order valence-electron chi connectivity index (χ2n) is 4.09. The van der Waals surface area contributed by atoms with E-state index < -0.39 is 0 Å². The van der Waals surface area contributed by atoms with Gasteiger partial charge in [-0.3, -0.25) is 14.5 Å². The summed E-state index contributed by atoms with van der Waals surface area (Å²) >= 11 is 0. The quantitative estimate of drug-likeness (QED) is 0.744. The predicted molar refractivity (Wildman–Crippen MR) is 65.1 cm³/mol. The topological polar surface area (TPSA) is 37.4 Å². The van der Waals surface area contributed by atoms with Gasteiger partial charge in [-0.15, -0.1) is 0 Å². The molecule has 1 aromatic carbocycles. The van der Waals surface area contributed by atoms with Crippen LogP contribution in [0.15, 0.2) is 42.5 Å². The summed E-state index contributed by atoms with van der Waals surface area (Å²) in [6.07, 6.45) is 4.40. The van der Waals surface area contributed by atoms with Gasteiger partial charge in [-0.05, 0) is 12.0 Å². The fraction of sp³-hybridized carbons (Fsp3) is 0.286. The SMILES string of the molecule is CCCC(c1ccccc1)N1C(=O)C=CC1=O. The molecular formula is C14H15NO2. The first-order valence-corrected chi connectivity index (χ1v) is 5.84. The van der Waals surface area contributed by atoms with Crippen LogP contribution >= 0.6 is 0 Å². The van der Waals surface area contributed by atoms with Crippen LogP contribution in [-0.2, 0) is 9.59 Å². The third-order valence-corrected chi connectivity index (χ3v) is 2.90.